The Bertz CT molecular complexity index is 478. The van der Waals surface area contributed by atoms with Crippen LogP contribution < -0.4 is 4.74 Å². The van der Waals surface area contributed by atoms with Gasteiger partial charge in [0.15, 0.2) is 0 Å². The molecule has 0 radical (unpaired) electrons. The lowest BCUT2D eigenvalue weighted by Crippen LogP contribution is -2.08. The monoisotopic (exact) mass is 268 g/mol. The minimum absolute atomic E-state index is 0.248. The first-order valence-corrected chi connectivity index (χ1v) is 6.52. The maximum Gasteiger partial charge on any atom is 0.119 e. The number of hydrogen-bond acceptors (Lipinski definition) is 3. The van der Waals surface area contributed by atoms with Gasteiger partial charge in [-0.05, 0) is 48.2 Å². The Hall–Kier alpha value is -1.03. The second-order valence-corrected chi connectivity index (χ2v) is 5.32. The molecule has 0 aliphatic heterocycles. The molecule has 0 amide bonds. The molecule has 0 saturated heterocycles. The van der Waals surface area contributed by atoms with Gasteiger partial charge >= 0.3 is 0 Å². The van der Waals surface area contributed by atoms with Crippen molar-refractivity contribution in [3.8, 4) is 5.75 Å². The van der Waals surface area contributed by atoms with Crippen LogP contribution >= 0.6 is 22.9 Å². The molecule has 1 heterocycles. The molecular weight excluding hydrogens is 256 g/mol. The molecule has 0 fully saturated rings. The molecule has 4 heteroatoms. The van der Waals surface area contributed by atoms with E-state index in [1.54, 1.807) is 35.6 Å². The summed E-state index contributed by atoms with van der Waals surface area (Å²) in [4.78, 5) is 1.19. The number of thiophene rings is 1. The minimum atomic E-state index is -0.587. The predicted octanol–water partition coefficient (Wildman–Crippen LogP) is 3.82. The fourth-order valence-corrected chi connectivity index (χ4v) is 2.32. The molecule has 0 aliphatic carbocycles. The van der Waals surface area contributed by atoms with E-state index >= 15 is 0 Å². The van der Waals surface area contributed by atoms with Gasteiger partial charge in [-0.25, -0.2) is 0 Å². The Kier molecular flexibility index (Phi) is 4.05. The zero-order valence-electron chi connectivity index (χ0n) is 9.39. The van der Waals surface area contributed by atoms with Crippen LogP contribution in [0.4, 0.5) is 0 Å². The number of halogens is 1. The van der Waals surface area contributed by atoms with Crippen LogP contribution in [0.5, 0.6) is 5.75 Å². The fraction of sp³-hybridized carbons (Fsp3) is 0.231. The number of hydrogen-bond donors (Lipinski definition) is 1. The third-order valence-corrected chi connectivity index (χ3v) is 3.49. The average molecular weight is 269 g/mol. The normalized spacial score (nSPS) is 12.4. The van der Waals surface area contributed by atoms with Crippen molar-refractivity contribution in [2.75, 3.05) is 6.61 Å². The Morgan fingerprint density at radius 1 is 1.35 bits per heavy atom. The number of ether oxygens (including phenoxy) is 1. The van der Waals surface area contributed by atoms with E-state index in [1.165, 1.54) is 4.88 Å². The lowest BCUT2D eigenvalue weighted by molar-refractivity contribution is 0.108. The van der Waals surface area contributed by atoms with Gasteiger partial charge in [0.25, 0.3) is 0 Å². The van der Waals surface area contributed by atoms with E-state index in [2.05, 4.69) is 0 Å². The first-order valence-electron chi connectivity index (χ1n) is 5.26. The summed E-state index contributed by atoms with van der Waals surface area (Å²) in [5.74, 6) is 0.709. The Morgan fingerprint density at radius 2 is 2.06 bits per heavy atom. The molecular formula is C13H13ClO2S. The Morgan fingerprint density at radius 3 is 2.65 bits per heavy atom. The number of aliphatic hydroxyl groups is 1. The third-order valence-electron chi connectivity index (χ3n) is 2.36. The molecule has 1 atom stereocenters. The van der Waals surface area contributed by atoms with E-state index in [0.29, 0.717) is 10.8 Å². The molecule has 0 bridgehead atoms. The van der Waals surface area contributed by atoms with Crippen molar-refractivity contribution in [2.24, 2.45) is 0 Å². The second kappa shape index (κ2) is 5.54. The van der Waals surface area contributed by atoms with Crippen molar-refractivity contribution < 1.29 is 9.84 Å². The molecule has 2 aromatic rings. The maximum absolute atomic E-state index is 9.91. The first-order chi connectivity index (χ1) is 8.15. The topological polar surface area (TPSA) is 29.5 Å². The van der Waals surface area contributed by atoms with Crippen molar-refractivity contribution in [1.29, 1.82) is 0 Å². The van der Waals surface area contributed by atoms with Crippen molar-refractivity contribution >= 4 is 22.9 Å². The average Bonchev–Trinajstić information content (AvgIpc) is 2.75. The maximum atomic E-state index is 9.91. The molecule has 2 rings (SSSR count). The highest BCUT2D eigenvalue weighted by Crippen LogP contribution is 2.22. The van der Waals surface area contributed by atoms with Crippen molar-refractivity contribution in [3.05, 3.63) is 51.2 Å². The molecule has 90 valence electrons. The largest absolute Gasteiger partial charge is 0.491 e. The lowest BCUT2D eigenvalue weighted by Gasteiger charge is -2.11. The van der Waals surface area contributed by atoms with E-state index in [-0.39, 0.29) is 6.61 Å². The number of aryl methyl sites for hydroxylation is 1. The van der Waals surface area contributed by atoms with Crippen molar-refractivity contribution in [2.45, 2.75) is 13.0 Å². The third kappa shape index (κ3) is 3.46. The first kappa shape index (κ1) is 12.4. The van der Waals surface area contributed by atoms with Crippen LogP contribution in [-0.2, 0) is 0 Å². The van der Waals surface area contributed by atoms with Crippen LogP contribution in [0.1, 0.15) is 16.5 Å². The van der Waals surface area contributed by atoms with E-state index in [0.717, 1.165) is 5.56 Å². The van der Waals surface area contributed by atoms with Gasteiger partial charge in [0.05, 0.1) is 0 Å². The summed E-state index contributed by atoms with van der Waals surface area (Å²) in [7, 11) is 0. The number of rotatable bonds is 4. The summed E-state index contributed by atoms with van der Waals surface area (Å²) >= 11 is 7.39. The molecule has 1 aromatic carbocycles. The summed E-state index contributed by atoms with van der Waals surface area (Å²) < 4.78 is 5.48. The van der Waals surface area contributed by atoms with Crippen molar-refractivity contribution in [1.82, 2.24) is 0 Å². The van der Waals surface area contributed by atoms with Crippen LogP contribution in [0.2, 0.25) is 5.02 Å². The van der Waals surface area contributed by atoms with E-state index < -0.39 is 6.10 Å². The Balaban J connectivity index is 1.92. The van der Waals surface area contributed by atoms with Gasteiger partial charge in [-0.1, -0.05) is 11.6 Å². The molecule has 0 aliphatic rings. The number of benzene rings is 1. The molecule has 0 saturated carbocycles. The van der Waals surface area contributed by atoms with Crippen LogP contribution in [0.25, 0.3) is 0 Å². The molecule has 2 nitrogen and oxygen atoms in total. The molecule has 1 unspecified atom stereocenters. The van der Waals surface area contributed by atoms with Crippen LogP contribution in [0, 0.1) is 6.92 Å². The summed E-state index contributed by atoms with van der Waals surface area (Å²) in [6.45, 7) is 2.26. The Labute approximate surface area is 109 Å². The highest BCUT2D eigenvalue weighted by Gasteiger charge is 2.09. The van der Waals surface area contributed by atoms with Gasteiger partial charge in [0, 0.05) is 9.90 Å². The minimum Gasteiger partial charge on any atom is -0.491 e. The summed E-state index contributed by atoms with van der Waals surface area (Å²) in [5, 5.41) is 12.5. The van der Waals surface area contributed by atoms with Gasteiger partial charge in [0.2, 0.25) is 0 Å². The summed E-state index contributed by atoms with van der Waals surface area (Å²) in [6, 6.07) is 9.07. The summed E-state index contributed by atoms with van der Waals surface area (Å²) in [5.41, 5.74) is 0.904. The van der Waals surface area contributed by atoms with E-state index in [1.807, 2.05) is 18.4 Å². The zero-order chi connectivity index (χ0) is 12.3. The molecule has 1 N–H and O–H groups in total. The predicted molar refractivity (Wildman–Crippen MR) is 71.0 cm³/mol. The highest BCUT2D eigenvalue weighted by atomic mass is 35.5. The smallest absolute Gasteiger partial charge is 0.119 e. The van der Waals surface area contributed by atoms with Crippen molar-refractivity contribution in [3.63, 3.8) is 0 Å². The zero-order valence-corrected chi connectivity index (χ0v) is 11.0. The van der Waals surface area contributed by atoms with E-state index in [4.69, 9.17) is 16.3 Å². The van der Waals surface area contributed by atoms with Gasteiger partial charge in [0.1, 0.15) is 18.5 Å². The SMILES string of the molecule is Cc1cc(C(O)COc2ccc(Cl)cc2)cs1. The lowest BCUT2D eigenvalue weighted by atomic mass is 10.2. The standard InChI is InChI=1S/C13H13ClO2S/c1-9-6-10(8-17-9)13(15)7-16-12-4-2-11(14)3-5-12/h2-6,8,13,15H,7H2,1H3. The fourth-order valence-electron chi connectivity index (χ4n) is 1.44. The highest BCUT2D eigenvalue weighted by molar-refractivity contribution is 7.10. The summed E-state index contributed by atoms with van der Waals surface area (Å²) in [6.07, 6.45) is -0.587. The van der Waals surface area contributed by atoms with Crippen LogP contribution in [-0.4, -0.2) is 11.7 Å². The number of aliphatic hydroxyl groups excluding tert-OH is 1. The van der Waals surface area contributed by atoms with Gasteiger partial charge in [-0.3, -0.25) is 0 Å². The quantitative estimate of drug-likeness (QED) is 0.913. The van der Waals surface area contributed by atoms with E-state index in [9.17, 15) is 5.11 Å². The second-order valence-electron chi connectivity index (χ2n) is 3.77. The van der Waals surface area contributed by atoms with Gasteiger partial charge < -0.3 is 9.84 Å². The van der Waals surface area contributed by atoms with Gasteiger partial charge in [-0.15, -0.1) is 11.3 Å². The van der Waals surface area contributed by atoms with Crippen LogP contribution in [0.15, 0.2) is 35.7 Å². The van der Waals surface area contributed by atoms with Crippen LogP contribution in [0.3, 0.4) is 0 Å². The molecule has 17 heavy (non-hydrogen) atoms. The van der Waals surface area contributed by atoms with Gasteiger partial charge in [-0.2, -0.15) is 0 Å². The molecule has 1 aromatic heterocycles. The molecule has 0 spiro atoms.